The van der Waals surface area contributed by atoms with Gasteiger partial charge < -0.3 is 10.2 Å². The molecule has 6 heteroatoms. The number of rotatable bonds is 8. The van der Waals surface area contributed by atoms with E-state index in [4.69, 9.17) is 0 Å². The summed E-state index contributed by atoms with van der Waals surface area (Å²) in [5, 5.41) is 2.84. The van der Waals surface area contributed by atoms with Gasteiger partial charge in [0.2, 0.25) is 5.91 Å². The van der Waals surface area contributed by atoms with E-state index >= 15 is 0 Å². The fourth-order valence-electron chi connectivity index (χ4n) is 3.44. The molecule has 1 N–H and O–H groups in total. The van der Waals surface area contributed by atoms with E-state index in [0.717, 1.165) is 35.4 Å². The Morgan fingerprint density at radius 2 is 1.83 bits per heavy atom. The quantitative estimate of drug-likeness (QED) is 0.635. The lowest BCUT2D eigenvalue weighted by molar-refractivity contribution is -0.121. The van der Waals surface area contributed by atoms with E-state index in [-0.39, 0.29) is 18.4 Å². The summed E-state index contributed by atoms with van der Waals surface area (Å²) >= 11 is 0. The summed E-state index contributed by atoms with van der Waals surface area (Å²) in [6.07, 6.45) is 1.66. The number of fused-ring (bicyclic) bond motifs is 1. The van der Waals surface area contributed by atoms with Gasteiger partial charge in [-0.05, 0) is 50.1 Å². The molecule has 2 aromatic carbocycles. The molecule has 0 spiro atoms. The van der Waals surface area contributed by atoms with E-state index in [1.54, 1.807) is 4.90 Å². The minimum Gasteiger partial charge on any atom is -0.355 e. The van der Waals surface area contributed by atoms with E-state index in [1.165, 1.54) is 0 Å². The molecule has 0 saturated heterocycles. The molecule has 0 aliphatic rings. The van der Waals surface area contributed by atoms with Crippen molar-refractivity contribution in [1.29, 1.82) is 0 Å². The second-order valence-corrected chi connectivity index (χ2v) is 7.11. The van der Waals surface area contributed by atoms with Crippen LogP contribution >= 0.6 is 0 Å². The first-order chi connectivity index (χ1) is 14.0. The highest BCUT2D eigenvalue weighted by Crippen LogP contribution is 2.23. The summed E-state index contributed by atoms with van der Waals surface area (Å²) in [5.74, 6) is 0.589. The molecule has 0 aliphatic carbocycles. The molecule has 152 valence electrons. The Kier molecular flexibility index (Phi) is 6.65. The van der Waals surface area contributed by atoms with Crippen LogP contribution in [-0.2, 0) is 4.79 Å². The van der Waals surface area contributed by atoms with Crippen LogP contribution in [0.3, 0.4) is 0 Å². The maximum absolute atomic E-state index is 13.1. The van der Waals surface area contributed by atoms with Gasteiger partial charge >= 0.3 is 0 Å². The highest BCUT2D eigenvalue weighted by Gasteiger charge is 2.19. The van der Waals surface area contributed by atoms with Gasteiger partial charge in [0, 0.05) is 24.3 Å². The lowest BCUT2D eigenvalue weighted by Gasteiger charge is -2.21. The van der Waals surface area contributed by atoms with Gasteiger partial charge in [-0.2, -0.15) is 0 Å². The number of hydrogen-bond acceptors (Lipinski definition) is 3. The number of nitrogens with one attached hydrogen (secondary N) is 1. The molecule has 0 unspecified atom stereocenters. The topological polar surface area (TPSA) is 67.2 Å². The Hall–Kier alpha value is -3.15. The zero-order valence-electron chi connectivity index (χ0n) is 17.3. The first kappa shape index (κ1) is 20.6. The molecule has 3 aromatic rings. The average Bonchev–Trinajstić information content (AvgIpc) is 3.06. The third-order valence-electron chi connectivity index (χ3n) is 4.77. The van der Waals surface area contributed by atoms with Crippen molar-refractivity contribution in [3.63, 3.8) is 0 Å². The summed E-state index contributed by atoms with van der Waals surface area (Å²) in [4.78, 5) is 31.4. The van der Waals surface area contributed by atoms with E-state index in [9.17, 15) is 9.59 Å². The Labute approximate surface area is 171 Å². The number of amides is 2. The van der Waals surface area contributed by atoms with Gasteiger partial charge in [0.15, 0.2) is 0 Å². The number of aryl methyl sites for hydroxylation is 1. The number of para-hydroxylation sites is 1. The van der Waals surface area contributed by atoms with Crippen molar-refractivity contribution in [3.8, 4) is 5.69 Å². The summed E-state index contributed by atoms with van der Waals surface area (Å²) in [6, 6.07) is 15.6. The summed E-state index contributed by atoms with van der Waals surface area (Å²) in [5.41, 5.74) is 3.30. The van der Waals surface area contributed by atoms with Crippen molar-refractivity contribution in [2.75, 3.05) is 19.6 Å². The lowest BCUT2D eigenvalue weighted by atomic mass is 10.1. The fourth-order valence-corrected chi connectivity index (χ4v) is 3.44. The van der Waals surface area contributed by atoms with Crippen LogP contribution in [0.1, 0.15) is 42.9 Å². The Bertz CT molecular complexity index is 995. The SMILES string of the molecule is CCCNC(=O)CN(CCC)C(=O)c1ccc2c(c1)nc(C)n2-c1ccccc1. The van der Waals surface area contributed by atoms with Gasteiger partial charge in [-0.25, -0.2) is 4.98 Å². The summed E-state index contributed by atoms with van der Waals surface area (Å²) in [7, 11) is 0. The molecular weight excluding hydrogens is 364 g/mol. The van der Waals surface area contributed by atoms with Crippen LogP contribution < -0.4 is 5.32 Å². The van der Waals surface area contributed by atoms with Crippen molar-refractivity contribution < 1.29 is 9.59 Å². The maximum atomic E-state index is 13.1. The maximum Gasteiger partial charge on any atom is 0.254 e. The van der Waals surface area contributed by atoms with Crippen molar-refractivity contribution >= 4 is 22.8 Å². The zero-order chi connectivity index (χ0) is 20.8. The molecule has 1 heterocycles. The standard InChI is InChI=1S/C23H28N4O2/c1-4-13-24-22(28)16-26(14-5-2)23(29)18-11-12-21-20(15-18)25-17(3)27(21)19-9-7-6-8-10-19/h6-12,15H,4-5,13-14,16H2,1-3H3,(H,24,28). The molecule has 0 bridgehead atoms. The third-order valence-corrected chi connectivity index (χ3v) is 4.77. The number of imidazole rings is 1. The molecule has 3 rings (SSSR count). The van der Waals surface area contributed by atoms with Crippen LogP contribution in [0.5, 0.6) is 0 Å². The van der Waals surface area contributed by atoms with Gasteiger partial charge in [0.25, 0.3) is 5.91 Å². The van der Waals surface area contributed by atoms with Crippen LogP contribution in [-0.4, -0.2) is 45.9 Å². The average molecular weight is 393 g/mol. The lowest BCUT2D eigenvalue weighted by Crippen LogP contribution is -2.41. The van der Waals surface area contributed by atoms with Crippen LogP contribution in [0.2, 0.25) is 0 Å². The molecule has 0 saturated carbocycles. The van der Waals surface area contributed by atoms with Crippen molar-refractivity contribution in [3.05, 3.63) is 59.9 Å². The highest BCUT2D eigenvalue weighted by atomic mass is 16.2. The van der Waals surface area contributed by atoms with E-state index in [2.05, 4.69) is 14.9 Å². The fraction of sp³-hybridized carbons (Fsp3) is 0.348. The third kappa shape index (κ3) is 4.65. The molecule has 29 heavy (non-hydrogen) atoms. The monoisotopic (exact) mass is 392 g/mol. The predicted octanol–water partition coefficient (Wildman–Crippen LogP) is 3.71. The molecular formula is C23H28N4O2. The smallest absolute Gasteiger partial charge is 0.254 e. The molecule has 0 aliphatic heterocycles. The number of nitrogens with zero attached hydrogens (tertiary/aromatic N) is 3. The van der Waals surface area contributed by atoms with Crippen LogP contribution in [0.25, 0.3) is 16.7 Å². The van der Waals surface area contributed by atoms with Crippen molar-refractivity contribution in [2.45, 2.75) is 33.6 Å². The second-order valence-electron chi connectivity index (χ2n) is 7.11. The van der Waals surface area contributed by atoms with E-state index < -0.39 is 0 Å². The molecule has 0 fully saturated rings. The zero-order valence-corrected chi connectivity index (χ0v) is 17.3. The second kappa shape index (κ2) is 9.37. The van der Waals surface area contributed by atoms with E-state index in [0.29, 0.717) is 18.7 Å². The highest BCUT2D eigenvalue weighted by molar-refractivity contribution is 5.99. The normalized spacial score (nSPS) is 10.9. The van der Waals surface area contributed by atoms with Gasteiger partial charge in [-0.1, -0.05) is 32.0 Å². The van der Waals surface area contributed by atoms with Gasteiger partial charge in [0.05, 0.1) is 17.6 Å². The van der Waals surface area contributed by atoms with Gasteiger partial charge in [-0.15, -0.1) is 0 Å². The minimum absolute atomic E-state index is 0.0716. The number of carbonyl (C=O) groups is 2. The van der Waals surface area contributed by atoms with Crippen LogP contribution in [0.15, 0.2) is 48.5 Å². The number of benzene rings is 2. The first-order valence-electron chi connectivity index (χ1n) is 10.2. The molecule has 1 aromatic heterocycles. The molecule has 0 atom stereocenters. The van der Waals surface area contributed by atoms with E-state index in [1.807, 2.05) is 69.3 Å². The Balaban J connectivity index is 1.88. The molecule has 6 nitrogen and oxygen atoms in total. The largest absolute Gasteiger partial charge is 0.355 e. The van der Waals surface area contributed by atoms with Crippen molar-refractivity contribution in [1.82, 2.24) is 19.8 Å². The molecule has 0 radical (unpaired) electrons. The Morgan fingerprint density at radius 3 is 2.52 bits per heavy atom. The Morgan fingerprint density at radius 1 is 1.07 bits per heavy atom. The summed E-state index contributed by atoms with van der Waals surface area (Å²) < 4.78 is 2.07. The number of carbonyl (C=O) groups excluding carboxylic acids is 2. The predicted molar refractivity (Wildman–Crippen MR) is 115 cm³/mol. The minimum atomic E-state index is -0.146. The molecule has 2 amide bonds. The number of hydrogen-bond donors (Lipinski definition) is 1. The first-order valence-corrected chi connectivity index (χ1v) is 10.2. The number of aromatic nitrogens is 2. The van der Waals surface area contributed by atoms with Gasteiger partial charge in [0.1, 0.15) is 5.82 Å². The van der Waals surface area contributed by atoms with Crippen molar-refractivity contribution in [2.24, 2.45) is 0 Å². The van der Waals surface area contributed by atoms with Crippen LogP contribution in [0.4, 0.5) is 0 Å². The summed E-state index contributed by atoms with van der Waals surface area (Å²) in [6.45, 7) is 7.18. The van der Waals surface area contributed by atoms with Crippen LogP contribution in [0, 0.1) is 6.92 Å². The van der Waals surface area contributed by atoms with Gasteiger partial charge in [-0.3, -0.25) is 14.2 Å².